The number of aromatic carboxylic acids is 1. The summed E-state index contributed by atoms with van der Waals surface area (Å²) in [7, 11) is 0. The van der Waals surface area contributed by atoms with E-state index in [4.69, 9.17) is 5.11 Å². The van der Waals surface area contributed by atoms with Crippen LogP contribution in [0.2, 0.25) is 0 Å². The number of nitrogens with one attached hydrogen (secondary N) is 1. The van der Waals surface area contributed by atoms with Crippen molar-refractivity contribution in [3.63, 3.8) is 0 Å². The Morgan fingerprint density at radius 1 is 1.35 bits per heavy atom. The highest BCUT2D eigenvalue weighted by Crippen LogP contribution is 2.30. The molecule has 0 spiro atoms. The Morgan fingerprint density at radius 2 is 2.15 bits per heavy atom. The summed E-state index contributed by atoms with van der Waals surface area (Å²) in [6.07, 6.45) is 0.899. The summed E-state index contributed by atoms with van der Waals surface area (Å²) in [6, 6.07) is 8.06. The van der Waals surface area contributed by atoms with Crippen molar-refractivity contribution in [2.75, 3.05) is 11.9 Å². The highest BCUT2D eigenvalue weighted by atomic mass is 16.4. The number of hydrogen-bond donors (Lipinski definition) is 2. The van der Waals surface area contributed by atoms with Gasteiger partial charge in [-0.1, -0.05) is 18.2 Å². The minimum absolute atomic E-state index is 0.0863. The summed E-state index contributed by atoms with van der Waals surface area (Å²) < 4.78 is 1.79. The largest absolute Gasteiger partial charge is 0.476 e. The van der Waals surface area contributed by atoms with Gasteiger partial charge < -0.3 is 10.4 Å². The Balaban J connectivity index is 2.04. The topological polar surface area (TPSA) is 67.2 Å². The number of aryl methyl sites for hydroxylation is 2. The molecule has 0 aliphatic carbocycles. The molecule has 5 nitrogen and oxygen atoms in total. The molecule has 2 N–H and O–H groups in total. The molecule has 2 aromatic rings. The summed E-state index contributed by atoms with van der Waals surface area (Å²) in [5.74, 6) is -0.218. The molecule has 3 rings (SSSR count). The molecule has 0 saturated heterocycles. The van der Waals surface area contributed by atoms with Crippen molar-refractivity contribution in [3.05, 3.63) is 46.6 Å². The van der Waals surface area contributed by atoms with E-state index >= 15 is 0 Å². The van der Waals surface area contributed by atoms with Gasteiger partial charge in [0.25, 0.3) is 0 Å². The lowest BCUT2D eigenvalue weighted by Gasteiger charge is -2.26. The highest BCUT2D eigenvalue weighted by molar-refractivity contribution is 5.86. The average Bonchev–Trinajstić information content (AvgIpc) is 2.86. The first-order valence-corrected chi connectivity index (χ1v) is 6.70. The zero-order chi connectivity index (χ0) is 14.3. The molecule has 1 aliphatic rings. The lowest BCUT2D eigenvalue weighted by Crippen LogP contribution is -2.24. The van der Waals surface area contributed by atoms with Gasteiger partial charge in [-0.15, -0.1) is 0 Å². The molecule has 5 heteroatoms. The standard InChI is InChI=1S/C15H17N3O2/c1-9-3-4-11(7-10(9)2)13-5-6-16-14-8-12(15(19)20)17-18(13)14/h3-4,7-8,13,16H,5-6H2,1-2H3,(H,19,20). The van der Waals surface area contributed by atoms with Gasteiger partial charge >= 0.3 is 5.97 Å². The first kappa shape index (κ1) is 12.7. The molecule has 1 atom stereocenters. The normalized spacial score (nSPS) is 17.4. The second-order valence-electron chi connectivity index (χ2n) is 5.24. The maximum atomic E-state index is 11.1. The molecule has 0 radical (unpaired) electrons. The molecule has 1 aliphatic heterocycles. The fourth-order valence-corrected chi connectivity index (χ4v) is 2.61. The predicted octanol–water partition coefficient (Wildman–Crippen LogP) is 2.60. The number of carboxylic acid groups (broad SMARTS) is 1. The second kappa shape index (κ2) is 4.67. The third-order valence-electron chi connectivity index (χ3n) is 3.89. The van der Waals surface area contributed by atoms with E-state index in [1.54, 1.807) is 10.7 Å². The van der Waals surface area contributed by atoms with Crippen molar-refractivity contribution >= 4 is 11.8 Å². The number of rotatable bonds is 2. The summed E-state index contributed by atoms with van der Waals surface area (Å²) in [4.78, 5) is 11.1. The summed E-state index contributed by atoms with van der Waals surface area (Å²) >= 11 is 0. The number of aromatic nitrogens is 2. The number of fused-ring (bicyclic) bond motifs is 1. The van der Waals surface area contributed by atoms with Gasteiger partial charge in [0.2, 0.25) is 0 Å². The summed E-state index contributed by atoms with van der Waals surface area (Å²) in [5.41, 5.74) is 3.77. The van der Waals surface area contributed by atoms with Crippen molar-refractivity contribution in [1.82, 2.24) is 9.78 Å². The van der Waals surface area contributed by atoms with Crippen LogP contribution in [0.1, 0.15) is 39.6 Å². The van der Waals surface area contributed by atoms with Crippen LogP contribution < -0.4 is 5.32 Å². The van der Waals surface area contributed by atoms with Crippen LogP contribution in [0.3, 0.4) is 0 Å². The fourth-order valence-electron chi connectivity index (χ4n) is 2.61. The van der Waals surface area contributed by atoms with E-state index in [0.717, 1.165) is 18.8 Å². The first-order chi connectivity index (χ1) is 9.56. The maximum absolute atomic E-state index is 11.1. The Kier molecular flexibility index (Phi) is 2.97. The fraction of sp³-hybridized carbons (Fsp3) is 0.333. The summed E-state index contributed by atoms with van der Waals surface area (Å²) in [6.45, 7) is 5.00. The van der Waals surface area contributed by atoms with E-state index < -0.39 is 5.97 Å². The quantitative estimate of drug-likeness (QED) is 0.881. The molecule has 1 aromatic carbocycles. The lowest BCUT2D eigenvalue weighted by atomic mass is 9.98. The van der Waals surface area contributed by atoms with Gasteiger partial charge in [0, 0.05) is 12.6 Å². The molecule has 0 fully saturated rings. The van der Waals surface area contributed by atoms with Crippen molar-refractivity contribution in [3.8, 4) is 0 Å². The van der Waals surface area contributed by atoms with Crippen molar-refractivity contribution < 1.29 is 9.90 Å². The van der Waals surface area contributed by atoms with Gasteiger partial charge in [0.1, 0.15) is 5.82 Å². The zero-order valence-corrected chi connectivity index (χ0v) is 11.6. The number of carbonyl (C=O) groups is 1. The van der Waals surface area contributed by atoms with E-state index in [2.05, 4.69) is 42.5 Å². The van der Waals surface area contributed by atoms with E-state index in [0.29, 0.717) is 0 Å². The van der Waals surface area contributed by atoms with Gasteiger partial charge in [0.05, 0.1) is 6.04 Å². The molecule has 20 heavy (non-hydrogen) atoms. The molecule has 1 aromatic heterocycles. The van der Waals surface area contributed by atoms with E-state index in [1.165, 1.54) is 16.7 Å². The van der Waals surface area contributed by atoms with E-state index in [9.17, 15) is 4.79 Å². The molecule has 0 amide bonds. The van der Waals surface area contributed by atoms with E-state index in [-0.39, 0.29) is 11.7 Å². The van der Waals surface area contributed by atoms with Crippen LogP contribution in [0.25, 0.3) is 0 Å². The SMILES string of the molecule is Cc1ccc(C2CCNc3cc(C(=O)O)nn32)cc1C. The Labute approximate surface area is 117 Å². The smallest absolute Gasteiger partial charge is 0.356 e. The zero-order valence-electron chi connectivity index (χ0n) is 11.6. The van der Waals surface area contributed by atoms with Crippen molar-refractivity contribution in [2.45, 2.75) is 26.3 Å². The van der Waals surface area contributed by atoms with Crippen LogP contribution in [0.5, 0.6) is 0 Å². The van der Waals surface area contributed by atoms with Crippen molar-refractivity contribution in [2.24, 2.45) is 0 Å². The average molecular weight is 271 g/mol. The molecular weight excluding hydrogens is 254 g/mol. The molecule has 1 unspecified atom stereocenters. The molecule has 0 saturated carbocycles. The number of hydrogen-bond acceptors (Lipinski definition) is 3. The third kappa shape index (κ3) is 2.05. The number of anilines is 1. The third-order valence-corrected chi connectivity index (χ3v) is 3.89. The van der Waals surface area contributed by atoms with Crippen molar-refractivity contribution in [1.29, 1.82) is 0 Å². The number of nitrogens with zero attached hydrogens (tertiary/aromatic N) is 2. The van der Waals surface area contributed by atoms with Gasteiger partial charge in [-0.05, 0) is 37.0 Å². The molecule has 0 bridgehead atoms. The van der Waals surface area contributed by atoms with Gasteiger partial charge in [-0.3, -0.25) is 0 Å². The number of benzene rings is 1. The van der Waals surface area contributed by atoms with Crippen LogP contribution in [0.4, 0.5) is 5.82 Å². The Bertz CT molecular complexity index is 676. The van der Waals surface area contributed by atoms with Crippen LogP contribution >= 0.6 is 0 Å². The minimum Gasteiger partial charge on any atom is -0.476 e. The minimum atomic E-state index is -0.993. The highest BCUT2D eigenvalue weighted by Gasteiger charge is 2.24. The number of carboxylic acids is 1. The summed E-state index contributed by atoms with van der Waals surface area (Å²) in [5, 5.41) is 16.5. The van der Waals surface area contributed by atoms with Crippen LogP contribution in [0, 0.1) is 13.8 Å². The Hall–Kier alpha value is -2.30. The molecule has 2 heterocycles. The Morgan fingerprint density at radius 3 is 2.85 bits per heavy atom. The van der Waals surface area contributed by atoms with E-state index in [1.807, 2.05) is 0 Å². The maximum Gasteiger partial charge on any atom is 0.356 e. The molecular formula is C15H17N3O2. The monoisotopic (exact) mass is 271 g/mol. The lowest BCUT2D eigenvalue weighted by molar-refractivity contribution is 0.0689. The van der Waals surface area contributed by atoms with Crippen LogP contribution in [0.15, 0.2) is 24.3 Å². The van der Waals surface area contributed by atoms with Gasteiger partial charge in [-0.2, -0.15) is 5.10 Å². The van der Waals surface area contributed by atoms with Crippen LogP contribution in [-0.4, -0.2) is 27.4 Å². The molecule has 104 valence electrons. The van der Waals surface area contributed by atoms with Gasteiger partial charge in [-0.25, -0.2) is 9.48 Å². The first-order valence-electron chi connectivity index (χ1n) is 6.70. The predicted molar refractivity (Wildman–Crippen MR) is 76.3 cm³/mol. The second-order valence-corrected chi connectivity index (χ2v) is 5.24. The van der Waals surface area contributed by atoms with Crippen LogP contribution in [-0.2, 0) is 0 Å². The van der Waals surface area contributed by atoms with Gasteiger partial charge in [0.15, 0.2) is 5.69 Å².